The maximum Gasteiger partial charge on any atom is 0.188 e. The van der Waals surface area contributed by atoms with Crippen LogP contribution in [0.15, 0.2) is 5.16 Å². The zero-order chi connectivity index (χ0) is 13.7. The van der Waals surface area contributed by atoms with Crippen molar-refractivity contribution in [3.8, 4) is 0 Å². The van der Waals surface area contributed by atoms with Gasteiger partial charge in [-0.25, -0.2) is 9.97 Å². The highest BCUT2D eigenvalue weighted by atomic mass is 32.2. The number of rotatable bonds is 6. The third kappa shape index (κ3) is 4.44. The maximum absolute atomic E-state index is 5.57. The van der Waals surface area contributed by atoms with Gasteiger partial charge < -0.3 is 10.1 Å². The number of hydrogen-bond donors (Lipinski definition) is 1. The van der Waals surface area contributed by atoms with Gasteiger partial charge in [-0.05, 0) is 39.2 Å². The third-order valence-electron chi connectivity index (χ3n) is 3.52. The fourth-order valence-electron chi connectivity index (χ4n) is 2.09. The predicted octanol–water partition coefficient (Wildman–Crippen LogP) is 2.26. The van der Waals surface area contributed by atoms with Crippen LogP contribution in [0.2, 0.25) is 0 Å². The molecular formula is C14H23N3OS. The molecule has 0 bridgehead atoms. The smallest absolute Gasteiger partial charge is 0.188 e. The zero-order valence-electron chi connectivity index (χ0n) is 12.0. The molecule has 5 heteroatoms. The molecule has 1 aromatic heterocycles. The first-order chi connectivity index (χ1) is 9.16. The zero-order valence-corrected chi connectivity index (χ0v) is 12.8. The van der Waals surface area contributed by atoms with Crippen LogP contribution in [0, 0.1) is 20.8 Å². The van der Waals surface area contributed by atoms with E-state index in [0.717, 1.165) is 42.0 Å². The van der Waals surface area contributed by atoms with E-state index in [1.54, 1.807) is 11.8 Å². The molecule has 1 saturated heterocycles. The van der Waals surface area contributed by atoms with E-state index >= 15 is 0 Å². The molecule has 0 aliphatic carbocycles. The van der Waals surface area contributed by atoms with E-state index in [4.69, 9.17) is 4.74 Å². The Morgan fingerprint density at radius 1 is 1.26 bits per heavy atom. The van der Waals surface area contributed by atoms with Crippen molar-refractivity contribution in [2.75, 3.05) is 25.4 Å². The highest BCUT2D eigenvalue weighted by Gasteiger charge is 2.14. The van der Waals surface area contributed by atoms with Crippen molar-refractivity contribution >= 4 is 11.8 Å². The Kier molecular flexibility index (Phi) is 5.60. The number of thioether (sulfide) groups is 1. The minimum Gasteiger partial charge on any atom is -0.377 e. The summed E-state index contributed by atoms with van der Waals surface area (Å²) in [5.41, 5.74) is 3.37. The van der Waals surface area contributed by atoms with Crippen LogP contribution >= 0.6 is 11.8 Å². The van der Waals surface area contributed by atoms with Gasteiger partial charge in [0.2, 0.25) is 0 Å². The van der Waals surface area contributed by atoms with E-state index < -0.39 is 0 Å². The molecule has 0 aromatic carbocycles. The van der Waals surface area contributed by atoms with Gasteiger partial charge in [-0.1, -0.05) is 11.8 Å². The van der Waals surface area contributed by atoms with Crippen LogP contribution in [0.25, 0.3) is 0 Å². The van der Waals surface area contributed by atoms with Gasteiger partial charge in [-0.3, -0.25) is 0 Å². The molecule has 4 nitrogen and oxygen atoms in total. The van der Waals surface area contributed by atoms with Gasteiger partial charge >= 0.3 is 0 Å². The van der Waals surface area contributed by atoms with E-state index in [1.807, 2.05) is 13.8 Å². The normalized spacial score (nSPS) is 19.0. The second-order valence-electron chi connectivity index (χ2n) is 4.99. The van der Waals surface area contributed by atoms with E-state index in [-0.39, 0.29) is 0 Å². The highest BCUT2D eigenvalue weighted by molar-refractivity contribution is 7.99. The Morgan fingerprint density at radius 3 is 2.63 bits per heavy atom. The Balaban J connectivity index is 1.67. The minimum atomic E-state index is 0.421. The van der Waals surface area contributed by atoms with Gasteiger partial charge in [0.1, 0.15) is 0 Å². The largest absolute Gasteiger partial charge is 0.377 e. The number of nitrogens with one attached hydrogen (secondary N) is 1. The molecular weight excluding hydrogens is 258 g/mol. The lowest BCUT2D eigenvalue weighted by molar-refractivity contribution is 0.110. The Hall–Kier alpha value is -0.650. The Morgan fingerprint density at radius 2 is 2.00 bits per heavy atom. The molecule has 2 heterocycles. The summed E-state index contributed by atoms with van der Waals surface area (Å²) in [5.74, 6) is 0.995. The van der Waals surface area contributed by atoms with Gasteiger partial charge in [0.25, 0.3) is 0 Å². The first-order valence-corrected chi connectivity index (χ1v) is 7.92. The quantitative estimate of drug-likeness (QED) is 0.492. The number of aromatic nitrogens is 2. The summed E-state index contributed by atoms with van der Waals surface area (Å²) in [4.78, 5) is 9.02. The van der Waals surface area contributed by atoms with Crippen molar-refractivity contribution in [1.29, 1.82) is 0 Å². The van der Waals surface area contributed by atoms with E-state index in [2.05, 4.69) is 22.2 Å². The van der Waals surface area contributed by atoms with Crippen LogP contribution in [0.3, 0.4) is 0 Å². The van der Waals surface area contributed by atoms with Crippen LogP contribution in [-0.2, 0) is 4.74 Å². The lowest BCUT2D eigenvalue weighted by atomic mass is 10.2. The molecule has 1 atom stereocenters. The Labute approximate surface area is 119 Å². The van der Waals surface area contributed by atoms with Crippen molar-refractivity contribution in [1.82, 2.24) is 15.3 Å². The fraction of sp³-hybridized carbons (Fsp3) is 0.714. The van der Waals surface area contributed by atoms with Gasteiger partial charge in [0.05, 0.1) is 6.10 Å². The molecule has 106 valence electrons. The summed E-state index contributed by atoms with van der Waals surface area (Å²) in [6, 6.07) is 0. The van der Waals surface area contributed by atoms with Crippen LogP contribution < -0.4 is 5.32 Å². The summed E-state index contributed by atoms with van der Waals surface area (Å²) in [5, 5.41) is 4.33. The summed E-state index contributed by atoms with van der Waals surface area (Å²) >= 11 is 1.71. The van der Waals surface area contributed by atoms with Crippen molar-refractivity contribution in [3.63, 3.8) is 0 Å². The SMILES string of the molecule is Cc1nc(SCCNCC2CCCO2)nc(C)c1C. The summed E-state index contributed by atoms with van der Waals surface area (Å²) in [6.45, 7) is 9.03. The summed E-state index contributed by atoms with van der Waals surface area (Å²) < 4.78 is 5.57. The van der Waals surface area contributed by atoms with E-state index in [9.17, 15) is 0 Å². The minimum absolute atomic E-state index is 0.421. The molecule has 1 aliphatic rings. The average Bonchev–Trinajstić information content (AvgIpc) is 2.88. The molecule has 0 radical (unpaired) electrons. The number of ether oxygens (including phenoxy) is 1. The highest BCUT2D eigenvalue weighted by Crippen LogP contribution is 2.16. The topological polar surface area (TPSA) is 47.0 Å². The predicted molar refractivity (Wildman–Crippen MR) is 78.8 cm³/mol. The van der Waals surface area contributed by atoms with Crippen molar-refractivity contribution in [2.24, 2.45) is 0 Å². The second kappa shape index (κ2) is 7.22. The average molecular weight is 281 g/mol. The summed E-state index contributed by atoms with van der Waals surface area (Å²) in [6.07, 6.45) is 2.82. The number of hydrogen-bond acceptors (Lipinski definition) is 5. The Bertz CT molecular complexity index is 396. The summed E-state index contributed by atoms with van der Waals surface area (Å²) in [7, 11) is 0. The maximum atomic E-state index is 5.57. The lowest BCUT2D eigenvalue weighted by Crippen LogP contribution is -2.28. The molecule has 1 unspecified atom stereocenters. The molecule has 1 fully saturated rings. The first-order valence-electron chi connectivity index (χ1n) is 6.94. The van der Waals surface area contributed by atoms with Crippen molar-refractivity contribution in [3.05, 3.63) is 17.0 Å². The van der Waals surface area contributed by atoms with Crippen molar-refractivity contribution < 1.29 is 4.74 Å². The van der Waals surface area contributed by atoms with Gasteiger partial charge in [-0.2, -0.15) is 0 Å². The third-order valence-corrected chi connectivity index (χ3v) is 4.37. The standard InChI is InChI=1S/C14H23N3OS/c1-10-11(2)16-14(17-12(10)3)19-8-6-15-9-13-5-4-7-18-13/h13,15H,4-9H2,1-3H3. The van der Waals surface area contributed by atoms with Gasteiger partial charge in [0.15, 0.2) is 5.16 Å². The first kappa shape index (κ1) is 14.8. The van der Waals surface area contributed by atoms with Crippen LogP contribution in [0.1, 0.15) is 29.8 Å². The van der Waals surface area contributed by atoms with Crippen LogP contribution in [0.4, 0.5) is 0 Å². The monoisotopic (exact) mass is 281 g/mol. The number of nitrogens with zero attached hydrogens (tertiary/aromatic N) is 2. The molecule has 2 rings (SSSR count). The molecule has 1 aromatic rings. The second-order valence-corrected chi connectivity index (χ2v) is 6.05. The molecule has 0 saturated carbocycles. The van der Waals surface area contributed by atoms with Crippen molar-refractivity contribution in [2.45, 2.75) is 44.9 Å². The molecule has 0 spiro atoms. The van der Waals surface area contributed by atoms with E-state index in [1.165, 1.54) is 18.4 Å². The van der Waals surface area contributed by atoms with Gasteiger partial charge in [-0.15, -0.1) is 0 Å². The van der Waals surface area contributed by atoms with Crippen LogP contribution in [-0.4, -0.2) is 41.5 Å². The van der Waals surface area contributed by atoms with Gasteiger partial charge in [0, 0.05) is 36.8 Å². The molecule has 19 heavy (non-hydrogen) atoms. The number of aryl methyl sites for hydroxylation is 2. The van der Waals surface area contributed by atoms with E-state index in [0.29, 0.717) is 6.10 Å². The molecule has 0 amide bonds. The molecule has 1 N–H and O–H groups in total. The molecule has 1 aliphatic heterocycles. The lowest BCUT2D eigenvalue weighted by Gasteiger charge is -2.10. The fourth-order valence-corrected chi connectivity index (χ4v) is 2.92. The van der Waals surface area contributed by atoms with Crippen LogP contribution in [0.5, 0.6) is 0 Å².